The zero-order chi connectivity index (χ0) is 14.4. The molecule has 1 atom stereocenters. The molecular formula is C14H19N3OS2. The molecule has 1 heterocycles. The normalized spacial score (nSPS) is 12.6. The van der Waals surface area contributed by atoms with Crippen molar-refractivity contribution in [2.75, 3.05) is 17.8 Å². The highest BCUT2D eigenvalue weighted by atomic mass is 32.2. The zero-order valence-corrected chi connectivity index (χ0v) is 13.3. The van der Waals surface area contributed by atoms with Crippen LogP contribution in [0.4, 0.5) is 0 Å². The van der Waals surface area contributed by atoms with Crippen molar-refractivity contribution >= 4 is 23.5 Å². The molecule has 0 spiro atoms. The van der Waals surface area contributed by atoms with Crippen LogP contribution in [-0.2, 0) is 0 Å². The van der Waals surface area contributed by atoms with Gasteiger partial charge in [0, 0.05) is 10.5 Å². The van der Waals surface area contributed by atoms with E-state index in [-0.39, 0.29) is 6.04 Å². The average Bonchev–Trinajstić information content (AvgIpc) is 2.96. The number of nitrogens with zero attached hydrogens (tertiary/aromatic N) is 2. The van der Waals surface area contributed by atoms with Gasteiger partial charge < -0.3 is 10.3 Å². The third kappa shape index (κ3) is 4.01. The summed E-state index contributed by atoms with van der Waals surface area (Å²) in [7, 11) is 0. The molecule has 0 unspecified atom stereocenters. The third-order valence-electron chi connectivity index (χ3n) is 2.82. The number of hydrogen-bond donors (Lipinski definition) is 1. The second kappa shape index (κ2) is 7.71. The summed E-state index contributed by atoms with van der Waals surface area (Å²) in [6.45, 7) is 2.14. The van der Waals surface area contributed by atoms with Gasteiger partial charge in [-0.15, -0.1) is 11.8 Å². The Kier molecular flexibility index (Phi) is 5.94. The Morgan fingerprint density at radius 2 is 2.05 bits per heavy atom. The van der Waals surface area contributed by atoms with Crippen LogP contribution in [0.15, 0.2) is 33.7 Å². The van der Waals surface area contributed by atoms with Crippen molar-refractivity contribution in [1.82, 2.24) is 10.1 Å². The third-order valence-corrected chi connectivity index (χ3v) is 4.35. The summed E-state index contributed by atoms with van der Waals surface area (Å²) < 4.78 is 5.26. The van der Waals surface area contributed by atoms with Gasteiger partial charge in [0.15, 0.2) is 0 Å². The summed E-state index contributed by atoms with van der Waals surface area (Å²) >= 11 is 3.57. The molecule has 108 valence electrons. The second-order valence-corrected chi connectivity index (χ2v) is 6.62. The quantitative estimate of drug-likeness (QED) is 0.788. The highest BCUT2D eigenvalue weighted by Crippen LogP contribution is 2.23. The molecule has 0 saturated carbocycles. The fourth-order valence-electron chi connectivity index (χ4n) is 1.74. The summed E-state index contributed by atoms with van der Waals surface area (Å²) in [6, 6.07) is 8.00. The van der Waals surface area contributed by atoms with E-state index in [1.165, 1.54) is 4.90 Å². The predicted molar refractivity (Wildman–Crippen MR) is 86.1 cm³/mol. The van der Waals surface area contributed by atoms with Gasteiger partial charge in [0.25, 0.3) is 0 Å². The monoisotopic (exact) mass is 309 g/mol. The maximum absolute atomic E-state index is 6.02. The number of hydrogen-bond acceptors (Lipinski definition) is 6. The molecule has 0 saturated heterocycles. The van der Waals surface area contributed by atoms with Gasteiger partial charge in [0.1, 0.15) is 0 Å². The molecule has 2 aromatic rings. The van der Waals surface area contributed by atoms with Crippen molar-refractivity contribution < 1.29 is 4.52 Å². The molecule has 1 aromatic carbocycles. The zero-order valence-electron chi connectivity index (χ0n) is 11.7. The minimum atomic E-state index is -0.182. The van der Waals surface area contributed by atoms with Crippen LogP contribution < -0.4 is 5.73 Å². The van der Waals surface area contributed by atoms with Gasteiger partial charge >= 0.3 is 0 Å². The predicted octanol–water partition coefficient (Wildman–Crippen LogP) is 3.60. The number of aromatic nitrogens is 2. The lowest BCUT2D eigenvalue weighted by molar-refractivity contribution is 0.353. The number of benzene rings is 1. The first-order chi connectivity index (χ1) is 9.74. The lowest BCUT2D eigenvalue weighted by Gasteiger charge is -2.03. The van der Waals surface area contributed by atoms with E-state index in [0.29, 0.717) is 11.7 Å². The molecule has 0 aliphatic rings. The first-order valence-electron chi connectivity index (χ1n) is 6.56. The van der Waals surface area contributed by atoms with Gasteiger partial charge in [-0.25, -0.2) is 0 Å². The second-order valence-electron chi connectivity index (χ2n) is 4.30. The first-order valence-corrected chi connectivity index (χ1v) is 8.94. The van der Waals surface area contributed by atoms with Crippen molar-refractivity contribution in [3.8, 4) is 11.4 Å². The van der Waals surface area contributed by atoms with Crippen molar-refractivity contribution in [1.29, 1.82) is 0 Å². The van der Waals surface area contributed by atoms with Crippen molar-refractivity contribution in [2.45, 2.75) is 24.3 Å². The van der Waals surface area contributed by atoms with Crippen LogP contribution in [0.2, 0.25) is 0 Å². The van der Waals surface area contributed by atoms with Gasteiger partial charge in [0.2, 0.25) is 11.7 Å². The maximum atomic E-state index is 6.02. The molecule has 6 heteroatoms. The molecule has 0 fully saturated rings. The van der Waals surface area contributed by atoms with E-state index in [4.69, 9.17) is 10.3 Å². The van der Waals surface area contributed by atoms with Crippen molar-refractivity contribution in [2.24, 2.45) is 5.73 Å². The van der Waals surface area contributed by atoms with Crippen molar-refractivity contribution in [3.63, 3.8) is 0 Å². The Morgan fingerprint density at radius 1 is 1.30 bits per heavy atom. The molecule has 0 radical (unpaired) electrons. The van der Waals surface area contributed by atoms with Gasteiger partial charge in [-0.05, 0) is 48.4 Å². The minimum Gasteiger partial charge on any atom is -0.337 e. The van der Waals surface area contributed by atoms with Crippen LogP contribution in [0.3, 0.4) is 0 Å². The Bertz CT molecular complexity index is 527. The van der Waals surface area contributed by atoms with E-state index in [2.05, 4.69) is 35.5 Å². The number of rotatable bonds is 7. The highest BCUT2D eigenvalue weighted by Gasteiger charge is 2.15. The summed E-state index contributed by atoms with van der Waals surface area (Å²) in [6.07, 6.45) is 2.90. The maximum Gasteiger partial charge on any atom is 0.243 e. The molecular weight excluding hydrogens is 290 g/mol. The van der Waals surface area contributed by atoms with Gasteiger partial charge in [-0.2, -0.15) is 16.7 Å². The smallest absolute Gasteiger partial charge is 0.243 e. The van der Waals surface area contributed by atoms with E-state index in [1.807, 2.05) is 23.9 Å². The number of thioether (sulfide) groups is 2. The van der Waals surface area contributed by atoms with E-state index in [1.54, 1.807) is 11.8 Å². The lowest BCUT2D eigenvalue weighted by atomic mass is 10.2. The molecule has 1 aromatic heterocycles. The highest BCUT2D eigenvalue weighted by molar-refractivity contribution is 7.99. The standard InChI is InChI=1S/C14H19N3OS2/c1-3-20-11-6-4-10(5-7-11)13-16-14(18-17-13)12(15)8-9-19-2/h4-7,12H,3,8-9,15H2,1-2H3/t12-/m1/s1. The molecule has 20 heavy (non-hydrogen) atoms. The van der Waals surface area contributed by atoms with Gasteiger partial charge in [-0.3, -0.25) is 0 Å². The topological polar surface area (TPSA) is 64.9 Å². The Labute approximate surface area is 127 Å². The van der Waals surface area contributed by atoms with Gasteiger partial charge in [-0.1, -0.05) is 12.1 Å². The Hall–Kier alpha value is -0.980. The van der Waals surface area contributed by atoms with Crippen LogP contribution in [0.5, 0.6) is 0 Å². The average molecular weight is 309 g/mol. The molecule has 2 N–H and O–H groups in total. The van der Waals surface area contributed by atoms with Gasteiger partial charge in [0.05, 0.1) is 6.04 Å². The van der Waals surface area contributed by atoms with Crippen LogP contribution in [-0.4, -0.2) is 27.9 Å². The Morgan fingerprint density at radius 3 is 2.70 bits per heavy atom. The number of nitrogens with two attached hydrogens (primary N) is 1. The summed E-state index contributed by atoms with van der Waals surface area (Å²) in [5.74, 6) is 3.17. The van der Waals surface area contributed by atoms with E-state index >= 15 is 0 Å². The molecule has 0 amide bonds. The lowest BCUT2D eigenvalue weighted by Crippen LogP contribution is -2.11. The molecule has 4 nitrogen and oxygen atoms in total. The van der Waals surface area contributed by atoms with Crippen molar-refractivity contribution in [3.05, 3.63) is 30.2 Å². The van der Waals surface area contributed by atoms with Crippen LogP contribution in [0.1, 0.15) is 25.3 Å². The van der Waals surface area contributed by atoms with E-state index < -0.39 is 0 Å². The largest absolute Gasteiger partial charge is 0.337 e. The molecule has 0 aliphatic heterocycles. The summed E-state index contributed by atoms with van der Waals surface area (Å²) in [5.41, 5.74) is 6.98. The summed E-state index contributed by atoms with van der Waals surface area (Å²) in [4.78, 5) is 5.64. The Balaban J connectivity index is 2.07. The van der Waals surface area contributed by atoms with Crippen LogP contribution in [0.25, 0.3) is 11.4 Å². The summed E-state index contributed by atoms with van der Waals surface area (Å²) in [5, 5.41) is 4.01. The first kappa shape index (κ1) is 15.4. The fraction of sp³-hybridized carbons (Fsp3) is 0.429. The molecule has 2 rings (SSSR count). The fourth-order valence-corrected chi connectivity index (χ4v) is 2.89. The van der Waals surface area contributed by atoms with Crippen LogP contribution >= 0.6 is 23.5 Å². The minimum absolute atomic E-state index is 0.182. The SMILES string of the molecule is CCSc1ccc(-c2noc([C@H](N)CCSC)n2)cc1. The molecule has 0 bridgehead atoms. The molecule has 0 aliphatic carbocycles. The van der Waals surface area contributed by atoms with E-state index in [9.17, 15) is 0 Å². The van der Waals surface area contributed by atoms with E-state index in [0.717, 1.165) is 23.5 Å². The van der Waals surface area contributed by atoms with Crippen LogP contribution in [0, 0.1) is 0 Å².